The Labute approximate surface area is 128 Å². The highest BCUT2D eigenvalue weighted by Gasteiger charge is 2.26. The third-order valence-electron chi connectivity index (χ3n) is 4.04. The van der Waals surface area contributed by atoms with Crippen LogP contribution in [0.3, 0.4) is 0 Å². The van der Waals surface area contributed by atoms with E-state index in [1.807, 2.05) is 6.92 Å². The minimum Gasteiger partial charge on any atom is -0.337 e. The number of likely N-dealkylation sites (tertiary alicyclic amines) is 1. The molecule has 22 heavy (non-hydrogen) atoms. The van der Waals surface area contributed by atoms with E-state index in [2.05, 4.69) is 0 Å². The highest BCUT2D eigenvalue weighted by Crippen LogP contribution is 2.23. The van der Waals surface area contributed by atoms with Crippen molar-refractivity contribution in [3.8, 4) is 0 Å². The molecule has 118 valence electrons. The molecule has 7 heteroatoms. The average molecular weight is 305 g/mol. The Morgan fingerprint density at radius 3 is 2.82 bits per heavy atom. The largest absolute Gasteiger partial charge is 0.337 e. The molecule has 1 aliphatic heterocycles. The fourth-order valence-corrected chi connectivity index (χ4v) is 2.48. The molecule has 2 amide bonds. The SMILES string of the molecule is C[C@H](c1cccc([N+](=O)[O-])c1)N(C)C(=O)CN1CCCC1=O. The summed E-state index contributed by atoms with van der Waals surface area (Å²) in [5.41, 5.74) is 0.692. The van der Waals surface area contributed by atoms with Gasteiger partial charge in [0.1, 0.15) is 0 Å². The number of hydrogen-bond acceptors (Lipinski definition) is 4. The number of nitro groups is 1. The first-order chi connectivity index (χ1) is 10.4. The Kier molecular flexibility index (Phi) is 4.75. The van der Waals surface area contributed by atoms with Crippen LogP contribution in [0.25, 0.3) is 0 Å². The Morgan fingerprint density at radius 1 is 1.50 bits per heavy atom. The number of amides is 2. The summed E-state index contributed by atoms with van der Waals surface area (Å²) in [6, 6.07) is 5.94. The van der Waals surface area contributed by atoms with Crippen molar-refractivity contribution in [1.82, 2.24) is 9.80 Å². The maximum Gasteiger partial charge on any atom is 0.269 e. The number of carbonyl (C=O) groups excluding carboxylic acids is 2. The number of nitro benzene ring substituents is 1. The van der Waals surface area contributed by atoms with Gasteiger partial charge in [-0.1, -0.05) is 12.1 Å². The summed E-state index contributed by atoms with van der Waals surface area (Å²) in [5, 5.41) is 10.8. The van der Waals surface area contributed by atoms with Crippen molar-refractivity contribution in [2.75, 3.05) is 20.1 Å². The molecule has 0 aliphatic carbocycles. The second-order valence-electron chi connectivity index (χ2n) is 5.45. The van der Waals surface area contributed by atoms with Crippen LogP contribution in [0.1, 0.15) is 31.4 Å². The van der Waals surface area contributed by atoms with Gasteiger partial charge in [0, 0.05) is 32.1 Å². The molecule has 1 aromatic carbocycles. The second-order valence-corrected chi connectivity index (χ2v) is 5.45. The van der Waals surface area contributed by atoms with E-state index < -0.39 is 4.92 Å². The van der Waals surface area contributed by atoms with Gasteiger partial charge in [-0.2, -0.15) is 0 Å². The lowest BCUT2D eigenvalue weighted by atomic mass is 10.1. The number of benzene rings is 1. The minimum atomic E-state index is -0.457. The van der Waals surface area contributed by atoms with Crippen molar-refractivity contribution in [2.45, 2.75) is 25.8 Å². The predicted octanol–water partition coefficient (Wildman–Crippen LogP) is 1.74. The molecular weight excluding hydrogens is 286 g/mol. The summed E-state index contributed by atoms with van der Waals surface area (Å²) < 4.78 is 0. The Morgan fingerprint density at radius 2 is 2.23 bits per heavy atom. The predicted molar refractivity (Wildman–Crippen MR) is 80.1 cm³/mol. The van der Waals surface area contributed by atoms with Gasteiger partial charge in [0.15, 0.2) is 0 Å². The molecular formula is C15H19N3O4. The van der Waals surface area contributed by atoms with Crippen LogP contribution in [0.15, 0.2) is 24.3 Å². The maximum atomic E-state index is 12.3. The molecule has 7 nitrogen and oxygen atoms in total. The van der Waals surface area contributed by atoms with Crippen molar-refractivity contribution in [3.05, 3.63) is 39.9 Å². The van der Waals surface area contributed by atoms with E-state index in [4.69, 9.17) is 0 Å². The number of likely N-dealkylation sites (N-methyl/N-ethyl adjacent to an activating group) is 1. The van der Waals surface area contributed by atoms with Crippen LogP contribution in [0, 0.1) is 10.1 Å². The van der Waals surface area contributed by atoms with Gasteiger partial charge in [0.05, 0.1) is 17.5 Å². The van der Waals surface area contributed by atoms with Gasteiger partial charge in [-0.05, 0) is 18.9 Å². The van der Waals surface area contributed by atoms with Gasteiger partial charge in [-0.25, -0.2) is 0 Å². The van der Waals surface area contributed by atoms with Crippen LogP contribution in [-0.4, -0.2) is 46.7 Å². The number of rotatable bonds is 5. The van der Waals surface area contributed by atoms with Crippen molar-refractivity contribution in [1.29, 1.82) is 0 Å². The fraction of sp³-hybridized carbons (Fsp3) is 0.467. The van der Waals surface area contributed by atoms with Crippen LogP contribution in [0.2, 0.25) is 0 Å². The van der Waals surface area contributed by atoms with Crippen molar-refractivity contribution in [2.24, 2.45) is 0 Å². The van der Waals surface area contributed by atoms with Gasteiger partial charge in [0.25, 0.3) is 5.69 Å². The number of hydrogen-bond donors (Lipinski definition) is 0. The highest BCUT2D eigenvalue weighted by atomic mass is 16.6. The molecule has 0 radical (unpaired) electrons. The molecule has 1 heterocycles. The number of nitrogens with zero attached hydrogens (tertiary/aromatic N) is 3. The molecule has 1 aromatic rings. The molecule has 0 bridgehead atoms. The summed E-state index contributed by atoms with van der Waals surface area (Å²) in [5.74, 6) is -0.168. The quantitative estimate of drug-likeness (QED) is 0.612. The van der Waals surface area contributed by atoms with E-state index in [0.29, 0.717) is 18.5 Å². The van der Waals surface area contributed by atoms with E-state index in [1.54, 1.807) is 24.1 Å². The van der Waals surface area contributed by atoms with Crippen molar-refractivity contribution in [3.63, 3.8) is 0 Å². The van der Waals surface area contributed by atoms with E-state index in [-0.39, 0.29) is 30.1 Å². The molecule has 0 unspecified atom stereocenters. The van der Waals surface area contributed by atoms with Crippen LogP contribution in [-0.2, 0) is 9.59 Å². The molecule has 0 aromatic heterocycles. The van der Waals surface area contributed by atoms with Crippen LogP contribution >= 0.6 is 0 Å². The standard InChI is InChI=1S/C15H19N3O4/c1-11(12-5-3-6-13(9-12)18(21)22)16(2)15(20)10-17-8-4-7-14(17)19/h3,5-6,9,11H,4,7-8,10H2,1-2H3/t11-/m1/s1. The smallest absolute Gasteiger partial charge is 0.269 e. The van der Waals surface area contributed by atoms with Crippen molar-refractivity contribution >= 4 is 17.5 Å². The molecule has 1 fully saturated rings. The summed E-state index contributed by atoms with van der Waals surface area (Å²) in [4.78, 5) is 37.3. The summed E-state index contributed by atoms with van der Waals surface area (Å²) in [6.07, 6.45) is 1.29. The Hall–Kier alpha value is -2.44. The van der Waals surface area contributed by atoms with Gasteiger partial charge in [0.2, 0.25) is 11.8 Å². The Bertz CT molecular complexity index is 602. The summed E-state index contributed by atoms with van der Waals surface area (Å²) in [7, 11) is 1.65. The molecule has 1 saturated heterocycles. The van der Waals surface area contributed by atoms with E-state index in [0.717, 1.165) is 6.42 Å². The third-order valence-corrected chi connectivity index (χ3v) is 4.04. The van der Waals surface area contributed by atoms with Gasteiger partial charge < -0.3 is 9.80 Å². The molecule has 0 spiro atoms. The maximum absolute atomic E-state index is 12.3. The summed E-state index contributed by atoms with van der Waals surface area (Å²) in [6.45, 7) is 2.49. The molecule has 1 atom stereocenters. The molecule has 0 N–H and O–H groups in total. The average Bonchev–Trinajstić information content (AvgIpc) is 2.91. The number of non-ortho nitro benzene ring substituents is 1. The van der Waals surface area contributed by atoms with Gasteiger partial charge >= 0.3 is 0 Å². The summed E-state index contributed by atoms with van der Waals surface area (Å²) >= 11 is 0. The zero-order valence-electron chi connectivity index (χ0n) is 12.7. The van der Waals surface area contributed by atoms with Gasteiger partial charge in [-0.3, -0.25) is 19.7 Å². The van der Waals surface area contributed by atoms with E-state index in [9.17, 15) is 19.7 Å². The molecule has 0 saturated carbocycles. The van der Waals surface area contributed by atoms with Crippen LogP contribution in [0.5, 0.6) is 0 Å². The second kappa shape index (κ2) is 6.55. The zero-order chi connectivity index (χ0) is 16.3. The van der Waals surface area contributed by atoms with E-state index in [1.165, 1.54) is 17.0 Å². The fourth-order valence-electron chi connectivity index (χ4n) is 2.48. The molecule has 2 rings (SSSR count). The monoisotopic (exact) mass is 305 g/mol. The first kappa shape index (κ1) is 15.9. The van der Waals surface area contributed by atoms with E-state index >= 15 is 0 Å². The molecule has 1 aliphatic rings. The lowest BCUT2D eigenvalue weighted by Crippen LogP contribution is -2.40. The topological polar surface area (TPSA) is 83.8 Å². The zero-order valence-corrected chi connectivity index (χ0v) is 12.7. The Balaban J connectivity index is 2.06. The van der Waals surface area contributed by atoms with Gasteiger partial charge in [-0.15, -0.1) is 0 Å². The highest BCUT2D eigenvalue weighted by molar-refractivity contribution is 5.86. The lowest BCUT2D eigenvalue weighted by molar-refractivity contribution is -0.384. The van der Waals surface area contributed by atoms with Crippen LogP contribution < -0.4 is 0 Å². The minimum absolute atomic E-state index is 0.0000744. The van der Waals surface area contributed by atoms with Crippen molar-refractivity contribution < 1.29 is 14.5 Å². The lowest BCUT2D eigenvalue weighted by Gasteiger charge is -2.27. The van der Waals surface area contributed by atoms with Crippen LogP contribution in [0.4, 0.5) is 5.69 Å². The number of carbonyl (C=O) groups is 2. The normalized spacial score (nSPS) is 15.7. The third kappa shape index (κ3) is 3.41. The first-order valence-corrected chi connectivity index (χ1v) is 7.18. The first-order valence-electron chi connectivity index (χ1n) is 7.18.